The van der Waals surface area contributed by atoms with Gasteiger partial charge in [-0.15, -0.1) is 0 Å². The fraction of sp³-hybridized carbons (Fsp3) is 0.625. The Hall–Kier alpha value is -0.420. The van der Waals surface area contributed by atoms with Gasteiger partial charge in [-0.05, 0) is 58.3 Å². The van der Waals surface area contributed by atoms with Crippen LogP contribution in [0.4, 0.5) is 0 Å². The Labute approximate surface area is 132 Å². The summed E-state index contributed by atoms with van der Waals surface area (Å²) < 4.78 is 1.15. The van der Waals surface area contributed by atoms with Crippen LogP contribution >= 0.6 is 15.9 Å². The minimum Gasteiger partial charge on any atom is -0.310 e. The van der Waals surface area contributed by atoms with Crippen molar-refractivity contribution in [1.82, 2.24) is 15.1 Å². The van der Waals surface area contributed by atoms with E-state index >= 15 is 0 Å². The van der Waals surface area contributed by atoms with Crippen LogP contribution in [0.15, 0.2) is 28.7 Å². The monoisotopic (exact) mass is 341 g/mol. The first-order valence-electron chi connectivity index (χ1n) is 7.35. The molecule has 0 aliphatic rings. The number of likely N-dealkylation sites (N-methyl/N-ethyl adjacent to an activating group) is 2. The van der Waals surface area contributed by atoms with E-state index in [0.29, 0.717) is 6.04 Å². The van der Waals surface area contributed by atoms with Crippen LogP contribution in [-0.4, -0.2) is 57.1 Å². The quantitative estimate of drug-likeness (QED) is 0.744. The molecular weight excluding hydrogens is 314 g/mol. The summed E-state index contributed by atoms with van der Waals surface area (Å²) in [4.78, 5) is 4.63. The summed E-state index contributed by atoms with van der Waals surface area (Å²) in [6.45, 7) is 6.50. The summed E-state index contributed by atoms with van der Waals surface area (Å²) in [5, 5.41) is 3.59. The van der Waals surface area contributed by atoms with Crippen molar-refractivity contribution in [3.63, 3.8) is 0 Å². The van der Waals surface area contributed by atoms with Gasteiger partial charge in [-0.3, -0.25) is 0 Å². The molecule has 0 bridgehead atoms. The Kier molecular flexibility index (Phi) is 8.38. The van der Waals surface area contributed by atoms with E-state index in [9.17, 15) is 0 Å². The Morgan fingerprint density at radius 2 is 1.90 bits per heavy atom. The number of rotatable bonds is 9. The fourth-order valence-electron chi connectivity index (χ4n) is 2.19. The van der Waals surface area contributed by atoms with Crippen LogP contribution in [0.5, 0.6) is 0 Å². The van der Waals surface area contributed by atoms with Gasteiger partial charge in [0.25, 0.3) is 0 Å². The zero-order valence-electron chi connectivity index (χ0n) is 13.2. The summed E-state index contributed by atoms with van der Waals surface area (Å²) in [5.74, 6) is 0. The van der Waals surface area contributed by atoms with Crippen molar-refractivity contribution in [2.24, 2.45) is 0 Å². The zero-order chi connectivity index (χ0) is 15.0. The van der Waals surface area contributed by atoms with Gasteiger partial charge in [-0.1, -0.05) is 35.0 Å². The smallest absolute Gasteiger partial charge is 0.0332 e. The van der Waals surface area contributed by atoms with Gasteiger partial charge >= 0.3 is 0 Å². The van der Waals surface area contributed by atoms with E-state index in [1.54, 1.807) is 0 Å². The lowest BCUT2D eigenvalue weighted by Crippen LogP contribution is -2.32. The first-order valence-corrected chi connectivity index (χ1v) is 8.14. The molecule has 4 heteroatoms. The molecule has 0 spiro atoms. The zero-order valence-corrected chi connectivity index (χ0v) is 14.8. The van der Waals surface area contributed by atoms with Crippen molar-refractivity contribution in [2.75, 3.05) is 47.3 Å². The van der Waals surface area contributed by atoms with Crippen LogP contribution in [-0.2, 0) is 0 Å². The molecule has 1 aromatic rings. The predicted molar refractivity (Wildman–Crippen MR) is 91.2 cm³/mol. The van der Waals surface area contributed by atoms with E-state index in [1.807, 2.05) is 0 Å². The molecule has 0 radical (unpaired) electrons. The Morgan fingerprint density at radius 3 is 2.50 bits per heavy atom. The molecule has 0 aliphatic heterocycles. The molecule has 1 unspecified atom stereocenters. The van der Waals surface area contributed by atoms with Gasteiger partial charge in [-0.25, -0.2) is 0 Å². The molecule has 1 N–H and O–H groups in total. The highest BCUT2D eigenvalue weighted by molar-refractivity contribution is 9.10. The Bertz CT molecular complexity index is 382. The number of halogens is 1. The van der Waals surface area contributed by atoms with E-state index in [4.69, 9.17) is 0 Å². The molecule has 1 atom stereocenters. The topological polar surface area (TPSA) is 18.5 Å². The summed E-state index contributed by atoms with van der Waals surface area (Å²) in [5.41, 5.74) is 1.36. The second-order valence-corrected chi connectivity index (χ2v) is 6.48. The summed E-state index contributed by atoms with van der Waals surface area (Å²) in [7, 11) is 6.45. The van der Waals surface area contributed by atoms with Crippen LogP contribution in [0.1, 0.15) is 24.9 Å². The molecule has 0 saturated heterocycles. The maximum Gasteiger partial charge on any atom is 0.0332 e. The molecule has 114 valence electrons. The normalized spacial score (nSPS) is 13.2. The molecule has 0 amide bonds. The van der Waals surface area contributed by atoms with E-state index in [1.165, 1.54) is 5.56 Å². The maximum atomic E-state index is 3.59. The Morgan fingerprint density at radius 1 is 1.15 bits per heavy atom. The highest BCUT2D eigenvalue weighted by Gasteiger charge is 2.11. The number of benzene rings is 1. The van der Waals surface area contributed by atoms with Gasteiger partial charge in [0, 0.05) is 23.6 Å². The number of nitrogens with one attached hydrogen (secondary N) is 1. The molecule has 1 aromatic carbocycles. The van der Waals surface area contributed by atoms with Crippen molar-refractivity contribution in [2.45, 2.75) is 19.4 Å². The SMILES string of the molecule is CCNC(CCN(C)CCN(C)C)c1cccc(Br)c1. The van der Waals surface area contributed by atoms with Crippen molar-refractivity contribution in [1.29, 1.82) is 0 Å². The predicted octanol–water partition coefficient (Wildman–Crippen LogP) is 2.98. The largest absolute Gasteiger partial charge is 0.310 e. The first-order chi connectivity index (χ1) is 9.52. The van der Waals surface area contributed by atoms with Crippen LogP contribution in [0.2, 0.25) is 0 Å². The number of hydrogen-bond donors (Lipinski definition) is 1. The van der Waals surface area contributed by atoms with Gasteiger partial charge in [-0.2, -0.15) is 0 Å². The lowest BCUT2D eigenvalue weighted by atomic mass is 10.0. The first kappa shape index (κ1) is 17.6. The van der Waals surface area contributed by atoms with Crippen LogP contribution in [0.25, 0.3) is 0 Å². The third kappa shape index (κ3) is 6.84. The van der Waals surface area contributed by atoms with E-state index < -0.39 is 0 Å². The van der Waals surface area contributed by atoms with Crippen LogP contribution in [0.3, 0.4) is 0 Å². The minimum atomic E-state index is 0.430. The molecule has 0 aromatic heterocycles. The summed E-state index contributed by atoms with van der Waals surface area (Å²) >= 11 is 3.56. The minimum absolute atomic E-state index is 0.430. The van der Waals surface area contributed by atoms with E-state index in [-0.39, 0.29) is 0 Å². The fourth-order valence-corrected chi connectivity index (χ4v) is 2.61. The highest BCUT2D eigenvalue weighted by atomic mass is 79.9. The molecule has 0 heterocycles. The lowest BCUT2D eigenvalue weighted by Gasteiger charge is -2.24. The highest BCUT2D eigenvalue weighted by Crippen LogP contribution is 2.21. The average Bonchev–Trinajstić information content (AvgIpc) is 2.41. The molecule has 0 saturated carbocycles. The maximum absolute atomic E-state index is 3.59. The Balaban J connectivity index is 2.51. The van der Waals surface area contributed by atoms with Crippen molar-refractivity contribution in [3.05, 3.63) is 34.3 Å². The summed E-state index contributed by atoms with van der Waals surface area (Å²) in [6.07, 6.45) is 1.13. The number of hydrogen-bond acceptors (Lipinski definition) is 3. The van der Waals surface area contributed by atoms with Crippen molar-refractivity contribution in [3.8, 4) is 0 Å². The van der Waals surface area contributed by atoms with Gasteiger partial charge in [0.05, 0.1) is 0 Å². The van der Waals surface area contributed by atoms with Crippen molar-refractivity contribution < 1.29 is 0 Å². The van der Waals surface area contributed by atoms with Gasteiger partial charge in [0.15, 0.2) is 0 Å². The summed E-state index contributed by atoms with van der Waals surface area (Å²) in [6, 6.07) is 9.04. The molecule has 0 fully saturated rings. The molecule has 1 rings (SSSR count). The lowest BCUT2D eigenvalue weighted by molar-refractivity contribution is 0.268. The van der Waals surface area contributed by atoms with Crippen LogP contribution < -0.4 is 5.32 Å². The number of nitrogens with zero attached hydrogens (tertiary/aromatic N) is 2. The van der Waals surface area contributed by atoms with Gasteiger partial charge in [0.1, 0.15) is 0 Å². The third-order valence-electron chi connectivity index (χ3n) is 3.43. The average molecular weight is 342 g/mol. The van der Waals surface area contributed by atoms with Gasteiger partial charge < -0.3 is 15.1 Å². The molecule has 0 aliphatic carbocycles. The van der Waals surface area contributed by atoms with Crippen molar-refractivity contribution >= 4 is 15.9 Å². The second-order valence-electron chi connectivity index (χ2n) is 5.56. The van der Waals surface area contributed by atoms with Gasteiger partial charge in [0.2, 0.25) is 0 Å². The molecule has 3 nitrogen and oxygen atoms in total. The standard InChI is InChI=1S/C16H28BrN3/c1-5-18-16(14-7-6-8-15(17)13-14)9-10-20(4)12-11-19(2)3/h6-8,13,16,18H,5,9-12H2,1-4H3. The van der Waals surface area contributed by atoms with Crippen LogP contribution in [0, 0.1) is 0 Å². The second kappa shape index (κ2) is 9.50. The molecular formula is C16H28BrN3. The van der Waals surface area contributed by atoms with E-state index in [0.717, 1.165) is 37.1 Å². The van der Waals surface area contributed by atoms with E-state index in [2.05, 4.69) is 83.4 Å². The third-order valence-corrected chi connectivity index (χ3v) is 3.92. The molecule has 20 heavy (non-hydrogen) atoms.